The molecule has 0 aliphatic carbocycles. The summed E-state index contributed by atoms with van der Waals surface area (Å²) in [6.07, 6.45) is 0. The second-order valence-electron chi connectivity index (χ2n) is 3.12. The highest BCUT2D eigenvalue weighted by molar-refractivity contribution is 5.95. The summed E-state index contributed by atoms with van der Waals surface area (Å²) in [7, 11) is 0. The maximum absolute atomic E-state index is 11.0. The van der Waals surface area contributed by atoms with Crippen LogP contribution in [0.4, 0.5) is 0 Å². The van der Waals surface area contributed by atoms with Crippen molar-refractivity contribution in [1.29, 1.82) is 0 Å². The van der Waals surface area contributed by atoms with E-state index in [-0.39, 0.29) is 17.1 Å². The molecule has 1 aromatic carbocycles. The fourth-order valence-electron chi connectivity index (χ4n) is 1.20. The molecule has 0 radical (unpaired) electrons. The molecule has 0 saturated carbocycles. The number of carboxylic acids is 1. The van der Waals surface area contributed by atoms with Crippen LogP contribution >= 0.6 is 0 Å². The van der Waals surface area contributed by atoms with Gasteiger partial charge in [0.05, 0.1) is 0 Å². The summed E-state index contributed by atoms with van der Waals surface area (Å²) in [6, 6.07) is 4.03. The van der Waals surface area contributed by atoms with Crippen LogP contribution in [-0.4, -0.2) is 23.0 Å². The Labute approximate surface area is 96.8 Å². The topological polar surface area (TPSA) is 89.9 Å². The van der Waals surface area contributed by atoms with E-state index in [4.69, 9.17) is 14.6 Å². The van der Waals surface area contributed by atoms with E-state index < -0.39 is 17.9 Å². The first-order valence-corrected chi connectivity index (χ1v) is 4.65. The van der Waals surface area contributed by atoms with E-state index in [0.717, 1.165) is 13.8 Å². The van der Waals surface area contributed by atoms with E-state index in [0.29, 0.717) is 0 Å². The van der Waals surface area contributed by atoms with Crippen LogP contribution in [0.15, 0.2) is 18.2 Å². The quantitative estimate of drug-likeness (QED) is 0.629. The average molecular weight is 238 g/mol. The molecule has 17 heavy (non-hydrogen) atoms. The van der Waals surface area contributed by atoms with Crippen molar-refractivity contribution in [3.8, 4) is 11.5 Å². The Balaban J connectivity index is 3.26. The lowest BCUT2D eigenvalue weighted by molar-refractivity contribution is -0.132. The van der Waals surface area contributed by atoms with E-state index >= 15 is 0 Å². The maximum atomic E-state index is 11.0. The van der Waals surface area contributed by atoms with E-state index in [2.05, 4.69) is 0 Å². The van der Waals surface area contributed by atoms with Crippen LogP contribution < -0.4 is 9.47 Å². The SMILES string of the molecule is CC(=O)Oc1cccc(OC(C)=O)c1C(=O)O. The molecule has 90 valence electrons. The Hall–Kier alpha value is -2.37. The normalized spacial score (nSPS) is 9.53. The molecule has 0 heterocycles. The Kier molecular flexibility index (Phi) is 3.82. The van der Waals surface area contributed by atoms with Crippen molar-refractivity contribution in [3.63, 3.8) is 0 Å². The number of hydrogen-bond donors (Lipinski definition) is 1. The lowest BCUT2D eigenvalue weighted by atomic mass is 10.2. The third-order valence-electron chi connectivity index (χ3n) is 1.71. The van der Waals surface area contributed by atoms with Crippen LogP contribution in [0, 0.1) is 0 Å². The van der Waals surface area contributed by atoms with Gasteiger partial charge >= 0.3 is 17.9 Å². The van der Waals surface area contributed by atoms with E-state index in [1.807, 2.05) is 0 Å². The van der Waals surface area contributed by atoms with Crippen LogP contribution in [-0.2, 0) is 9.59 Å². The molecule has 0 aliphatic heterocycles. The van der Waals surface area contributed by atoms with Crippen LogP contribution in [0.1, 0.15) is 24.2 Å². The molecule has 0 atom stereocenters. The molecule has 1 N–H and O–H groups in total. The lowest BCUT2D eigenvalue weighted by Crippen LogP contribution is -2.11. The summed E-state index contributed by atoms with van der Waals surface area (Å²) in [6.45, 7) is 2.29. The number of aromatic carboxylic acids is 1. The third kappa shape index (κ3) is 3.30. The van der Waals surface area contributed by atoms with Crippen molar-refractivity contribution >= 4 is 17.9 Å². The Morgan fingerprint density at radius 3 is 1.71 bits per heavy atom. The predicted octanol–water partition coefficient (Wildman–Crippen LogP) is 1.24. The number of rotatable bonds is 3. The Morgan fingerprint density at radius 2 is 1.41 bits per heavy atom. The van der Waals surface area contributed by atoms with Gasteiger partial charge in [-0.1, -0.05) is 6.07 Å². The van der Waals surface area contributed by atoms with Crippen molar-refractivity contribution in [2.75, 3.05) is 0 Å². The first kappa shape index (κ1) is 12.7. The van der Waals surface area contributed by atoms with Crippen LogP contribution in [0.5, 0.6) is 11.5 Å². The third-order valence-corrected chi connectivity index (χ3v) is 1.71. The van der Waals surface area contributed by atoms with Crippen LogP contribution in [0.2, 0.25) is 0 Å². The van der Waals surface area contributed by atoms with Crippen molar-refractivity contribution in [2.45, 2.75) is 13.8 Å². The molecule has 6 nitrogen and oxygen atoms in total. The molecule has 0 unspecified atom stereocenters. The molecule has 0 saturated heterocycles. The zero-order valence-electron chi connectivity index (χ0n) is 9.22. The first-order valence-electron chi connectivity index (χ1n) is 4.65. The van der Waals surface area contributed by atoms with Gasteiger partial charge in [-0.05, 0) is 12.1 Å². The Bertz CT molecular complexity index is 443. The number of carbonyl (C=O) groups excluding carboxylic acids is 2. The van der Waals surface area contributed by atoms with Gasteiger partial charge in [0.25, 0.3) is 0 Å². The van der Waals surface area contributed by atoms with Gasteiger partial charge in [0.2, 0.25) is 0 Å². The van der Waals surface area contributed by atoms with Crippen LogP contribution in [0.3, 0.4) is 0 Å². The number of hydrogen-bond acceptors (Lipinski definition) is 5. The molecule has 0 amide bonds. The summed E-state index contributed by atoms with van der Waals surface area (Å²) in [5.41, 5.74) is -0.363. The van der Waals surface area contributed by atoms with E-state index in [9.17, 15) is 14.4 Å². The van der Waals surface area contributed by atoms with Crippen LogP contribution in [0.25, 0.3) is 0 Å². The smallest absolute Gasteiger partial charge is 0.343 e. The fraction of sp³-hybridized carbons (Fsp3) is 0.182. The van der Waals surface area contributed by atoms with E-state index in [1.165, 1.54) is 18.2 Å². The van der Waals surface area contributed by atoms with Crippen molar-refractivity contribution in [3.05, 3.63) is 23.8 Å². The zero-order chi connectivity index (χ0) is 13.0. The fourth-order valence-corrected chi connectivity index (χ4v) is 1.20. The molecular weight excluding hydrogens is 228 g/mol. The minimum absolute atomic E-state index is 0.163. The highest BCUT2D eigenvalue weighted by atomic mass is 16.5. The molecule has 0 aliphatic rings. The zero-order valence-corrected chi connectivity index (χ0v) is 9.22. The molecule has 0 spiro atoms. The number of ether oxygens (including phenoxy) is 2. The summed E-state index contributed by atoms with van der Waals surface area (Å²) in [5, 5.41) is 8.99. The first-order chi connectivity index (χ1) is 7.91. The van der Waals surface area contributed by atoms with Gasteiger partial charge in [0.15, 0.2) is 0 Å². The van der Waals surface area contributed by atoms with Gasteiger partial charge in [0, 0.05) is 13.8 Å². The molecule has 0 aromatic heterocycles. The number of carbonyl (C=O) groups is 3. The van der Waals surface area contributed by atoms with Gasteiger partial charge in [-0.3, -0.25) is 9.59 Å². The average Bonchev–Trinajstić information content (AvgIpc) is 2.14. The van der Waals surface area contributed by atoms with E-state index in [1.54, 1.807) is 0 Å². The summed E-state index contributed by atoms with van der Waals surface area (Å²) >= 11 is 0. The predicted molar refractivity (Wildman–Crippen MR) is 56.0 cm³/mol. The molecular formula is C11H10O6. The summed E-state index contributed by atoms with van der Waals surface area (Å²) in [4.78, 5) is 32.6. The minimum Gasteiger partial charge on any atom is -0.477 e. The van der Waals surface area contributed by atoms with Crippen molar-refractivity contribution in [1.82, 2.24) is 0 Å². The van der Waals surface area contributed by atoms with Gasteiger partial charge in [-0.25, -0.2) is 4.79 Å². The van der Waals surface area contributed by atoms with Crippen molar-refractivity contribution in [2.24, 2.45) is 0 Å². The van der Waals surface area contributed by atoms with Gasteiger partial charge in [-0.2, -0.15) is 0 Å². The summed E-state index contributed by atoms with van der Waals surface area (Å²) < 4.78 is 9.44. The van der Waals surface area contributed by atoms with Crippen molar-refractivity contribution < 1.29 is 29.0 Å². The molecule has 1 rings (SSSR count). The molecule has 1 aromatic rings. The highest BCUT2D eigenvalue weighted by Crippen LogP contribution is 2.28. The summed E-state index contributed by atoms with van der Waals surface area (Å²) in [5.74, 6) is -2.99. The highest BCUT2D eigenvalue weighted by Gasteiger charge is 2.20. The monoisotopic (exact) mass is 238 g/mol. The number of esters is 2. The Morgan fingerprint density at radius 1 is 1.00 bits per heavy atom. The standard InChI is InChI=1S/C11H10O6/c1-6(12)16-8-4-3-5-9(17-7(2)13)10(8)11(14)15/h3-5H,1-2H3,(H,14,15). The molecule has 0 bridgehead atoms. The molecule has 6 heteroatoms. The maximum Gasteiger partial charge on any atom is 0.343 e. The lowest BCUT2D eigenvalue weighted by Gasteiger charge is -2.09. The van der Waals surface area contributed by atoms with Gasteiger partial charge < -0.3 is 14.6 Å². The number of carboxylic acid groups (broad SMARTS) is 1. The van der Waals surface area contributed by atoms with Gasteiger partial charge in [-0.15, -0.1) is 0 Å². The van der Waals surface area contributed by atoms with Gasteiger partial charge in [0.1, 0.15) is 17.1 Å². The number of benzene rings is 1. The second kappa shape index (κ2) is 5.11. The molecule has 0 fully saturated rings. The largest absolute Gasteiger partial charge is 0.477 e. The minimum atomic E-state index is -1.35. The second-order valence-corrected chi connectivity index (χ2v) is 3.12.